The molecule has 3 atom stereocenters. The molecule has 4 heteroatoms. The third-order valence-corrected chi connectivity index (χ3v) is 4.09. The number of carbonyl (C=O) groups excluding carboxylic acids is 1. The van der Waals surface area contributed by atoms with Gasteiger partial charge in [-0.05, 0) is 24.9 Å². The maximum Gasteiger partial charge on any atom is 0.225 e. The third kappa shape index (κ3) is 3.12. The van der Waals surface area contributed by atoms with Crippen molar-refractivity contribution < 1.29 is 9.53 Å². The summed E-state index contributed by atoms with van der Waals surface area (Å²) < 4.78 is 5.39. The van der Waals surface area contributed by atoms with Gasteiger partial charge in [0.25, 0.3) is 0 Å². The van der Waals surface area contributed by atoms with Crippen LogP contribution < -0.4 is 15.4 Å². The molecule has 4 nitrogen and oxygen atoms in total. The van der Waals surface area contributed by atoms with Gasteiger partial charge in [-0.15, -0.1) is 0 Å². The average Bonchev–Trinajstić information content (AvgIpc) is 2.90. The van der Waals surface area contributed by atoms with Gasteiger partial charge in [-0.1, -0.05) is 32.0 Å². The molecule has 1 amide bonds. The molecular weight excluding hydrogens is 252 g/mol. The maximum atomic E-state index is 12.4. The van der Waals surface area contributed by atoms with Crippen LogP contribution in [0.2, 0.25) is 0 Å². The predicted molar refractivity (Wildman–Crippen MR) is 79.7 cm³/mol. The normalized spacial score (nSPS) is 23.4. The number of hydrogen-bond acceptors (Lipinski definition) is 3. The van der Waals surface area contributed by atoms with Crippen molar-refractivity contribution in [1.82, 2.24) is 10.6 Å². The molecule has 20 heavy (non-hydrogen) atoms. The van der Waals surface area contributed by atoms with Crippen LogP contribution in [-0.4, -0.2) is 26.1 Å². The number of nitrogens with one attached hydrogen (secondary N) is 2. The van der Waals surface area contributed by atoms with Gasteiger partial charge in [-0.2, -0.15) is 0 Å². The minimum Gasteiger partial charge on any atom is -0.496 e. The van der Waals surface area contributed by atoms with E-state index in [1.807, 2.05) is 24.3 Å². The van der Waals surface area contributed by atoms with Gasteiger partial charge in [0.2, 0.25) is 5.91 Å². The molecule has 1 aromatic carbocycles. The van der Waals surface area contributed by atoms with E-state index in [1.54, 1.807) is 7.11 Å². The standard InChI is InChI=1S/C16H24N2O2/c1-4-14(12-7-5-6-8-15(12)20-3)18-16(19)13-10-17-9-11(13)2/h5-8,11,13-14,17H,4,9-10H2,1-3H3,(H,18,19)/t11-,13-,14?/m1/s1. The second-order valence-electron chi connectivity index (χ2n) is 5.45. The molecule has 1 saturated heterocycles. The first-order valence-corrected chi connectivity index (χ1v) is 7.31. The van der Waals surface area contributed by atoms with Crippen molar-refractivity contribution in [3.8, 4) is 5.75 Å². The summed E-state index contributed by atoms with van der Waals surface area (Å²) in [6.07, 6.45) is 0.848. The Kier molecular flexibility index (Phi) is 5.01. The molecule has 0 saturated carbocycles. The first-order chi connectivity index (χ1) is 9.67. The van der Waals surface area contributed by atoms with Gasteiger partial charge < -0.3 is 15.4 Å². The number of benzene rings is 1. The minimum atomic E-state index is 0.00597. The van der Waals surface area contributed by atoms with E-state index in [0.717, 1.165) is 30.8 Å². The number of carbonyl (C=O) groups is 1. The highest BCUT2D eigenvalue weighted by Gasteiger charge is 2.31. The van der Waals surface area contributed by atoms with Crippen LogP contribution in [0.5, 0.6) is 5.75 Å². The molecule has 0 aromatic heterocycles. The topological polar surface area (TPSA) is 50.4 Å². The molecule has 0 bridgehead atoms. The summed E-state index contributed by atoms with van der Waals surface area (Å²) in [4.78, 5) is 12.4. The second-order valence-corrected chi connectivity index (χ2v) is 5.45. The van der Waals surface area contributed by atoms with Crippen molar-refractivity contribution in [1.29, 1.82) is 0 Å². The Morgan fingerprint density at radius 3 is 2.80 bits per heavy atom. The van der Waals surface area contributed by atoms with Crippen molar-refractivity contribution in [2.45, 2.75) is 26.3 Å². The molecule has 1 unspecified atom stereocenters. The number of hydrogen-bond donors (Lipinski definition) is 2. The lowest BCUT2D eigenvalue weighted by atomic mass is 9.95. The van der Waals surface area contributed by atoms with E-state index in [1.165, 1.54) is 0 Å². The number of amides is 1. The van der Waals surface area contributed by atoms with E-state index in [-0.39, 0.29) is 17.9 Å². The first kappa shape index (κ1) is 14.9. The molecule has 0 aliphatic carbocycles. The van der Waals surface area contributed by atoms with Crippen LogP contribution in [0.3, 0.4) is 0 Å². The molecule has 0 spiro atoms. The van der Waals surface area contributed by atoms with E-state index in [0.29, 0.717) is 5.92 Å². The van der Waals surface area contributed by atoms with E-state index < -0.39 is 0 Å². The minimum absolute atomic E-state index is 0.00597. The van der Waals surface area contributed by atoms with Gasteiger partial charge in [-0.3, -0.25) is 4.79 Å². The molecule has 2 rings (SSSR count). The van der Waals surface area contributed by atoms with Crippen molar-refractivity contribution in [2.75, 3.05) is 20.2 Å². The lowest BCUT2D eigenvalue weighted by Gasteiger charge is -2.23. The Morgan fingerprint density at radius 2 is 2.20 bits per heavy atom. The number of para-hydroxylation sites is 1. The van der Waals surface area contributed by atoms with E-state index in [4.69, 9.17) is 4.74 Å². The molecule has 1 aliphatic rings. The first-order valence-electron chi connectivity index (χ1n) is 7.31. The summed E-state index contributed by atoms with van der Waals surface area (Å²) in [5.74, 6) is 1.43. The zero-order chi connectivity index (χ0) is 14.5. The smallest absolute Gasteiger partial charge is 0.225 e. The predicted octanol–water partition coefficient (Wildman–Crippen LogP) is 2.12. The maximum absolute atomic E-state index is 12.4. The highest BCUT2D eigenvalue weighted by molar-refractivity contribution is 5.80. The van der Waals surface area contributed by atoms with Crippen LogP contribution in [-0.2, 0) is 4.79 Å². The van der Waals surface area contributed by atoms with Crippen LogP contribution >= 0.6 is 0 Å². The van der Waals surface area contributed by atoms with E-state index in [2.05, 4.69) is 24.5 Å². The number of methoxy groups -OCH3 is 1. The van der Waals surface area contributed by atoms with Crippen LogP contribution in [0.25, 0.3) is 0 Å². The molecule has 110 valence electrons. The summed E-state index contributed by atoms with van der Waals surface area (Å²) in [5.41, 5.74) is 1.05. The molecule has 0 radical (unpaired) electrons. The van der Waals surface area contributed by atoms with Crippen molar-refractivity contribution in [3.63, 3.8) is 0 Å². The van der Waals surface area contributed by atoms with Crippen LogP contribution in [0.1, 0.15) is 31.9 Å². The fourth-order valence-electron chi connectivity index (χ4n) is 2.79. The Hall–Kier alpha value is -1.55. The van der Waals surface area contributed by atoms with Gasteiger partial charge in [0.15, 0.2) is 0 Å². The van der Waals surface area contributed by atoms with Crippen LogP contribution in [0, 0.1) is 11.8 Å². The third-order valence-electron chi connectivity index (χ3n) is 4.09. The Bertz CT molecular complexity index is 462. The molecule has 1 fully saturated rings. The summed E-state index contributed by atoms with van der Waals surface area (Å²) in [6.45, 7) is 5.89. The summed E-state index contributed by atoms with van der Waals surface area (Å²) >= 11 is 0. The molecule has 1 aliphatic heterocycles. The lowest BCUT2D eigenvalue weighted by molar-refractivity contribution is -0.126. The van der Waals surface area contributed by atoms with Gasteiger partial charge in [0.05, 0.1) is 19.1 Å². The molecule has 1 heterocycles. The quantitative estimate of drug-likeness (QED) is 0.866. The number of rotatable bonds is 5. The highest BCUT2D eigenvalue weighted by Crippen LogP contribution is 2.27. The second kappa shape index (κ2) is 6.75. The van der Waals surface area contributed by atoms with Gasteiger partial charge in [0, 0.05) is 12.1 Å². The SMILES string of the molecule is CCC(NC(=O)[C@@H]1CNC[C@H]1C)c1ccccc1OC. The summed E-state index contributed by atoms with van der Waals surface area (Å²) in [6, 6.07) is 7.88. The van der Waals surface area contributed by atoms with E-state index in [9.17, 15) is 4.79 Å². The molecule has 1 aromatic rings. The Balaban J connectivity index is 2.10. The van der Waals surface area contributed by atoms with Gasteiger partial charge in [0.1, 0.15) is 5.75 Å². The van der Waals surface area contributed by atoms with Crippen LogP contribution in [0.15, 0.2) is 24.3 Å². The van der Waals surface area contributed by atoms with Gasteiger partial charge >= 0.3 is 0 Å². The fourth-order valence-corrected chi connectivity index (χ4v) is 2.79. The summed E-state index contributed by atoms with van der Waals surface area (Å²) in [7, 11) is 1.66. The lowest BCUT2D eigenvalue weighted by Crippen LogP contribution is -2.36. The van der Waals surface area contributed by atoms with Crippen LogP contribution in [0.4, 0.5) is 0 Å². The van der Waals surface area contributed by atoms with Crippen molar-refractivity contribution in [2.24, 2.45) is 11.8 Å². The number of ether oxygens (including phenoxy) is 1. The summed E-state index contributed by atoms with van der Waals surface area (Å²) in [5, 5.41) is 6.44. The van der Waals surface area contributed by atoms with Gasteiger partial charge in [-0.25, -0.2) is 0 Å². The van der Waals surface area contributed by atoms with Crippen molar-refractivity contribution >= 4 is 5.91 Å². The average molecular weight is 276 g/mol. The van der Waals surface area contributed by atoms with Crippen molar-refractivity contribution in [3.05, 3.63) is 29.8 Å². The zero-order valence-corrected chi connectivity index (χ0v) is 12.5. The Labute approximate surface area is 120 Å². The fraction of sp³-hybridized carbons (Fsp3) is 0.562. The molecule has 2 N–H and O–H groups in total. The Morgan fingerprint density at radius 1 is 1.45 bits per heavy atom. The molecular formula is C16H24N2O2. The monoisotopic (exact) mass is 276 g/mol. The van der Waals surface area contributed by atoms with E-state index >= 15 is 0 Å². The zero-order valence-electron chi connectivity index (χ0n) is 12.5. The largest absolute Gasteiger partial charge is 0.496 e. The highest BCUT2D eigenvalue weighted by atomic mass is 16.5.